The van der Waals surface area contributed by atoms with Crippen LogP contribution in [0.25, 0.3) is 5.69 Å². The first kappa shape index (κ1) is 28.0. The predicted molar refractivity (Wildman–Crippen MR) is 140 cm³/mol. The fourth-order valence-electron chi connectivity index (χ4n) is 2.88. The Bertz CT molecular complexity index is 961. The second kappa shape index (κ2) is 13.5. The van der Waals surface area contributed by atoms with E-state index in [0.29, 0.717) is 49.1 Å². The van der Waals surface area contributed by atoms with Gasteiger partial charge in [-0.2, -0.15) is 10.4 Å². The second-order valence-corrected chi connectivity index (χ2v) is 8.02. The van der Waals surface area contributed by atoms with Crippen molar-refractivity contribution < 1.29 is 9.53 Å². The van der Waals surface area contributed by atoms with Crippen LogP contribution in [-0.2, 0) is 11.2 Å². The van der Waals surface area contributed by atoms with Crippen molar-refractivity contribution in [1.82, 2.24) is 25.7 Å². The molecule has 1 aromatic heterocycles. The van der Waals surface area contributed by atoms with E-state index < -0.39 is 11.7 Å². The summed E-state index contributed by atoms with van der Waals surface area (Å²) < 4.78 is 6.78. The SMILES string of the molecule is CN=C(NCCCc1nn(-c2ccccc2)c(N)c1C#N)NCCNC(=O)OC(C)(C)C.I. The van der Waals surface area contributed by atoms with Gasteiger partial charge in [-0.05, 0) is 45.7 Å². The molecule has 2 aromatic rings. The lowest BCUT2D eigenvalue weighted by atomic mass is 10.1. The molecule has 10 nitrogen and oxygen atoms in total. The number of nitrogens with zero attached hydrogens (tertiary/aromatic N) is 4. The molecule has 33 heavy (non-hydrogen) atoms. The van der Waals surface area contributed by atoms with Gasteiger partial charge in [0.1, 0.15) is 23.1 Å². The molecule has 0 saturated carbocycles. The van der Waals surface area contributed by atoms with Crippen LogP contribution < -0.4 is 21.7 Å². The van der Waals surface area contributed by atoms with Crippen molar-refractivity contribution in [2.75, 3.05) is 32.4 Å². The molecule has 0 radical (unpaired) electrons. The third-order valence-electron chi connectivity index (χ3n) is 4.30. The van der Waals surface area contributed by atoms with Crippen molar-refractivity contribution in [3.63, 3.8) is 0 Å². The Kier molecular flexibility index (Phi) is 11.5. The van der Waals surface area contributed by atoms with Gasteiger partial charge in [0.25, 0.3) is 0 Å². The molecule has 1 heterocycles. The summed E-state index contributed by atoms with van der Waals surface area (Å²) in [5.74, 6) is 0.961. The Hall–Kier alpha value is -3.01. The number of benzene rings is 1. The highest BCUT2D eigenvalue weighted by atomic mass is 127. The first-order chi connectivity index (χ1) is 15.2. The molecule has 1 amide bonds. The van der Waals surface area contributed by atoms with Crippen LogP contribution in [0.1, 0.15) is 38.4 Å². The number of para-hydroxylation sites is 1. The molecule has 5 N–H and O–H groups in total. The minimum atomic E-state index is -0.526. The average molecular weight is 568 g/mol. The number of carbonyl (C=O) groups is 1. The van der Waals surface area contributed by atoms with Gasteiger partial charge in [0.15, 0.2) is 5.96 Å². The number of amides is 1. The number of nitrogens with one attached hydrogen (secondary N) is 3. The maximum Gasteiger partial charge on any atom is 0.407 e. The monoisotopic (exact) mass is 568 g/mol. The molecule has 0 bridgehead atoms. The number of ether oxygens (including phenoxy) is 1. The number of nitrogen functional groups attached to an aromatic ring is 1. The van der Waals surface area contributed by atoms with Crippen LogP contribution in [0.3, 0.4) is 0 Å². The summed E-state index contributed by atoms with van der Waals surface area (Å²) in [4.78, 5) is 15.8. The highest BCUT2D eigenvalue weighted by Crippen LogP contribution is 2.21. The van der Waals surface area contributed by atoms with Crippen LogP contribution >= 0.6 is 24.0 Å². The van der Waals surface area contributed by atoms with Gasteiger partial charge in [-0.25, -0.2) is 9.48 Å². The molecule has 2 rings (SSSR count). The zero-order valence-electron chi connectivity index (χ0n) is 19.5. The summed E-state index contributed by atoms with van der Waals surface area (Å²) in [5, 5.41) is 23.0. The van der Waals surface area contributed by atoms with Crippen LogP contribution in [-0.4, -0.2) is 54.1 Å². The maximum absolute atomic E-state index is 11.6. The summed E-state index contributed by atoms with van der Waals surface area (Å²) >= 11 is 0. The van der Waals surface area contributed by atoms with Crippen LogP contribution in [0.4, 0.5) is 10.6 Å². The Labute approximate surface area is 212 Å². The number of hydrogen-bond donors (Lipinski definition) is 4. The van der Waals surface area contributed by atoms with Gasteiger partial charge in [0, 0.05) is 26.7 Å². The van der Waals surface area contributed by atoms with Crippen molar-refractivity contribution in [2.24, 2.45) is 4.99 Å². The van der Waals surface area contributed by atoms with Crippen molar-refractivity contribution in [2.45, 2.75) is 39.2 Å². The number of nitrogens with two attached hydrogens (primary N) is 1. The highest BCUT2D eigenvalue weighted by Gasteiger charge is 2.17. The largest absolute Gasteiger partial charge is 0.444 e. The van der Waals surface area contributed by atoms with E-state index >= 15 is 0 Å². The van der Waals surface area contributed by atoms with Gasteiger partial charge >= 0.3 is 6.09 Å². The quantitative estimate of drug-likeness (QED) is 0.166. The smallest absolute Gasteiger partial charge is 0.407 e. The lowest BCUT2D eigenvalue weighted by Gasteiger charge is -2.19. The van der Waals surface area contributed by atoms with Gasteiger partial charge in [-0.3, -0.25) is 4.99 Å². The zero-order chi connectivity index (χ0) is 23.6. The maximum atomic E-state index is 11.6. The number of alkyl carbamates (subject to hydrolysis) is 1. The number of aromatic nitrogens is 2. The first-order valence-corrected chi connectivity index (χ1v) is 10.5. The Morgan fingerprint density at radius 2 is 1.82 bits per heavy atom. The van der Waals surface area contributed by atoms with E-state index in [0.717, 1.165) is 12.1 Å². The molecule has 0 saturated heterocycles. The number of halogens is 1. The molecule has 0 spiro atoms. The summed E-state index contributed by atoms with van der Waals surface area (Å²) in [5.41, 5.74) is 7.50. The number of hydrogen-bond acceptors (Lipinski definition) is 6. The van der Waals surface area contributed by atoms with Crippen molar-refractivity contribution in [1.29, 1.82) is 5.26 Å². The number of aliphatic imine (C=N–C) groups is 1. The molecule has 0 aliphatic carbocycles. The van der Waals surface area contributed by atoms with Crippen molar-refractivity contribution in [3.8, 4) is 11.8 Å². The van der Waals surface area contributed by atoms with Crippen LogP contribution in [0.15, 0.2) is 35.3 Å². The molecule has 0 fully saturated rings. The van der Waals surface area contributed by atoms with E-state index in [9.17, 15) is 10.1 Å². The normalized spacial score (nSPS) is 11.2. The number of carbonyl (C=O) groups excluding carboxylic acids is 1. The number of nitriles is 1. The fourth-order valence-corrected chi connectivity index (χ4v) is 2.88. The molecule has 0 aliphatic heterocycles. The minimum Gasteiger partial charge on any atom is -0.444 e. The molecule has 1 aromatic carbocycles. The van der Waals surface area contributed by atoms with Gasteiger partial charge in [-0.1, -0.05) is 18.2 Å². The third-order valence-corrected chi connectivity index (χ3v) is 4.30. The lowest BCUT2D eigenvalue weighted by molar-refractivity contribution is 0.0529. The Balaban J connectivity index is 0.00000544. The molecular formula is C22H33IN8O2. The molecule has 0 atom stereocenters. The van der Waals surface area contributed by atoms with E-state index in [4.69, 9.17) is 10.5 Å². The minimum absolute atomic E-state index is 0. The molecule has 0 aliphatic rings. The van der Waals surface area contributed by atoms with E-state index in [1.165, 1.54) is 0 Å². The summed E-state index contributed by atoms with van der Waals surface area (Å²) in [6, 6.07) is 11.7. The molecule has 0 unspecified atom stereocenters. The number of aryl methyl sites for hydroxylation is 1. The standard InChI is InChI=1S/C22H32N8O2.HI/c1-22(2,3)32-21(31)28-14-13-27-20(25-4)26-12-8-11-18-17(15-23)19(24)30(29-18)16-9-6-5-7-10-16;/h5-7,9-10H,8,11-14,24H2,1-4H3,(H,28,31)(H2,25,26,27);1H. The zero-order valence-corrected chi connectivity index (χ0v) is 21.8. The van der Waals surface area contributed by atoms with E-state index in [2.05, 4.69) is 32.1 Å². The summed E-state index contributed by atoms with van der Waals surface area (Å²) in [7, 11) is 1.67. The molecule has 11 heteroatoms. The average Bonchev–Trinajstić information content (AvgIpc) is 3.07. The third kappa shape index (κ3) is 9.17. The van der Waals surface area contributed by atoms with Crippen molar-refractivity contribution in [3.05, 3.63) is 41.6 Å². The highest BCUT2D eigenvalue weighted by molar-refractivity contribution is 14.0. The number of guanidine groups is 1. The second-order valence-electron chi connectivity index (χ2n) is 8.02. The first-order valence-electron chi connectivity index (χ1n) is 10.5. The number of anilines is 1. The van der Waals surface area contributed by atoms with E-state index in [-0.39, 0.29) is 24.0 Å². The van der Waals surface area contributed by atoms with Crippen LogP contribution in [0.5, 0.6) is 0 Å². The fraction of sp³-hybridized carbons (Fsp3) is 0.455. The van der Waals surface area contributed by atoms with Crippen LogP contribution in [0.2, 0.25) is 0 Å². The topological polar surface area (TPSA) is 142 Å². The molecular weight excluding hydrogens is 535 g/mol. The van der Waals surface area contributed by atoms with Gasteiger partial charge in [0.2, 0.25) is 0 Å². The summed E-state index contributed by atoms with van der Waals surface area (Å²) in [6.07, 6.45) is 0.873. The Morgan fingerprint density at radius 3 is 2.42 bits per heavy atom. The predicted octanol–water partition coefficient (Wildman–Crippen LogP) is 2.57. The van der Waals surface area contributed by atoms with Crippen molar-refractivity contribution >= 4 is 41.8 Å². The van der Waals surface area contributed by atoms with E-state index in [1.807, 2.05) is 51.1 Å². The van der Waals surface area contributed by atoms with Gasteiger partial charge < -0.3 is 26.4 Å². The van der Waals surface area contributed by atoms with E-state index in [1.54, 1.807) is 11.7 Å². The van der Waals surface area contributed by atoms with Crippen LogP contribution in [0, 0.1) is 11.3 Å². The number of rotatable bonds is 8. The lowest BCUT2D eigenvalue weighted by Crippen LogP contribution is -2.42. The van der Waals surface area contributed by atoms with Gasteiger partial charge in [-0.15, -0.1) is 24.0 Å². The Morgan fingerprint density at radius 1 is 1.18 bits per heavy atom. The summed E-state index contributed by atoms with van der Waals surface area (Å²) in [6.45, 7) is 6.97. The molecule has 180 valence electrons. The van der Waals surface area contributed by atoms with Gasteiger partial charge in [0.05, 0.1) is 11.4 Å².